The third-order valence-corrected chi connectivity index (χ3v) is 5.24. The first kappa shape index (κ1) is 19.8. The van der Waals surface area contributed by atoms with Crippen LogP contribution in [0.25, 0.3) is 5.69 Å². The molecule has 3 aromatic rings. The van der Waals surface area contributed by atoms with E-state index in [2.05, 4.69) is 15.5 Å². The summed E-state index contributed by atoms with van der Waals surface area (Å²) in [5.74, 6) is -0.477. The van der Waals surface area contributed by atoms with Crippen LogP contribution in [0, 0.1) is 0 Å². The SMILES string of the molecule is CN(C)c1ccc([C@H]2CC(c3c(O)n(-c4cccc(Cl)c4)c(=O)[nH]c3=O)=NN2)cc1. The molecule has 1 atom stereocenters. The Morgan fingerprint density at radius 3 is 2.57 bits per heavy atom. The third-order valence-electron chi connectivity index (χ3n) is 5.01. The van der Waals surface area contributed by atoms with Crippen LogP contribution in [0.15, 0.2) is 63.2 Å². The van der Waals surface area contributed by atoms with Crippen molar-refractivity contribution in [3.05, 3.63) is 85.5 Å². The van der Waals surface area contributed by atoms with Gasteiger partial charge in [-0.2, -0.15) is 5.10 Å². The fourth-order valence-corrected chi connectivity index (χ4v) is 3.62. The monoisotopic (exact) mass is 425 g/mol. The summed E-state index contributed by atoms with van der Waals surface area (Å²) < 4.78 is 1.00. The molecule has 154 valence electrons. The fourth-order valence-electron chi connectivity index (χ4n) is 3.44. The van der Waals surface area contributed by atoms with Gasteiger partial charge in [-0.15, -0.1) is 0 Å². The lowest BCUT2D eigenvalue weighted by atomic mass is 9.99. The lowest BCUT2D eigenvalue weighted by molar-refractivity contribution is 0.429. The average molecular weight is 426 g/mol. The predicted octanol–water partition coefficient (Wildman–Crippen LogP) is 2.39. The second-order valence-corrected chi connectivity index (χ2v) is 7.64. The van der Waals surface area contributed by atoms with Crippen molar-refractivity contribution < 1.29 is 5.11 Å². The van der Waals surface area contributed by atoms with E-state index >= 15 is 0 Å². The zero-order valence-corrected chi connectivity index (χ0v) is 17.1. The van der Waals surface area contributed by atoms with Crippen LogP contribution in [0.2, 0.25) is 5.02 Å². The van der Waals surface area contributed by atoms with Crippen molar-refractivity contribution in [3.63, 3.8) is 0 Å². The van der Waals surface area contributed by atoms with Crippen LogP contribution >= 0.6 is 11.6 Å². The Kier molecular flexibility index (Phi) is 5.09. The number of aromatic hydroxyl groups is 1. The molecule has 3 N–H and O–H groups in total. The minimum absolute atomic E-state index is 0.0468. The zero-order valence-electron chi connectivity index (χ0n) is 16.4. The first-order valence-electron chi connectivity index (χ1n) is 9.29. The maximum absolute atomic E-state index is 12.5. The van der Waals surface area contributed by atoms with E-state index in [1.54, 1.807) is 18.2 Å². The van der Waals surface area contributed by atoms with Crippen LogP contribution in [0.4, 0.5) is 5.69 Å². The van der Waals surface area contributed by atoms with Crippen LogP contribution in [0.5, 0.6) is 5.88 Å². The molecule has 4 rings (SSSR count). The summed E-state index contributed by atoms with van der Waals surface area (Å²) in [5, 5.41) is 15.5. The summed E-state index contributed by atoms with van der Waals surface area (Å²) in [6, 6.07) is 14.3. The van der Waals surface area contributed by atoms with Crippen LogP contribution in [0.1, 0.15) is 23.6 Å². The molecule has 8 nitrogen and oxygen atoms in total. The van der Waals surface area contributed by atoms with Gasteiger partial charge in [0.15, 0.2) is 0 Å². The zero-order chi connectivity index (χ0) is 21.4. The maximum atomic E-state index is 12.5. The molecule has 0 radical (unpaired) electrons. The number of nitrogens with zero attached hydrogens (tertiary/aromatic N) is 3. The highest BCUT2D eigenvalue weighted by atomic mass is 35.5. The molecule has 0 unspecified atom stereocenters. The number of aromatic amines is 1. The highest BCUT2D eigenvalue weighted by molar-refractivity contribution is 6.30. The normalized spacial score (nSPS) is 15.6. The second kappa shape index (κ2) is 7.72. The van der Waals surface area contributed by atoms with Crippen molar-refractivity contribution in [1.82, 2.24) is 15.0 Å². The fraction of sp³-hybridized carbons (Fsp3) is 0.190. The number of anilines is 1. The quantitative estimate of drug-likeness (QED) is 0.595. The van der Waals surface area contributed by atoms with Crippen LogP contribution in [0.3, 0.4) is 0 Å². The lowest BCUT2D eigenvalue weighted by Crippen LogP contribution is -2.33. The molecule has 0 aliphatic carbocycles. The molecule has 0 bridgehead atoms. The molecule has 30 heavy (non-hydrogen) atoms. The van der Waals surface area contributed by atoms with Crippen molar-refractivity contribution in [2.75, 3.05) is 19.0 Å². The number of benzene rings is 2. The number of hydrogen-bond donors (Lipinski definition) is 3. The Morgan fingerprint density at radius 2 is 1.90 bits per heavy atom. The van der Waals surface area contributed by atoms with Gasteiger partial charge in [-0.05, 0) is 35.9 Å². The van der Waals surface area contributed by atoms with Crippen molar-refractivity contribution >= 4 is 23.0 Å². The van der Waals surface area contributed by atoms with Crippen LogP contribution in [-0.2, 0) is 0 Å². The molecule has 0 spiro atoms. The minimum Gasteiger partial charge on any atom is -0.493 e. The first-order valence-corrected chi connectivity index (χ1v) is 9.67. The Bertz CT molecular complexity index is 1240. The number of aromatic nitrogens is 2. The largest absolute Gasteiger partial charge is 0.493 e. The van der Waals surface area contributed by atoms with E-state index in [9.17, 15) is 14.7 Å². The smallest absolute Gasteiger partial charge is 0.335 e. The molecule has 1 aliphatic heterocycles. The van der Waals surface area contributed by atoms with Crippen molar-refractivity contribution in [1.29, 1.82) is 0 Å². The Hall–Kier alpha value is -3.52. The first-order chi connectivity index (χ1) is 14.3. The van der Waals surface area contributed by atoms with Gasteiger partial charge in [0.2, 0.25) is 5.88 Å². The molecule has 1 aliphatic rings. The Labute approximate surface area is 177 Å². The van der Waals surface area contributed by atoms with Gasteiger partial charge in [0, 0.05) is 31.2 Å². The van der Waals surface area contributed by atoms with E-state index in [1.165, 1.54) is 6.07 Å². The summed E-state index contributed by atoms with van der Waals surface area (Å²) in [6.07, 6.45) is 0.381. The standard InChI is InChI=1S/C21H20ClN5O3/c1-26(2)14-8-6-12(7-9-14)16-11-17(25-24-16)18-19(28)23-21(30)27(20(18)29)15-5-3-4-13(22)10-15/h3-10,16,24,29H,11H2,1-2H3,(H,23,28,30)/t16-/m1/s1. The molecule has 2 aromatic carbocycles. The second-order valence-electron chi connectivity index (χ2n) is 7.20. The molecule has 0 saturated heterocycles. The van der Waals surface area contributed by atoms with E-state index in [4.69, 9.17) is 11.6 Å². The third kappa shape index (κ3) is 3.57. The Balaban J connectivity index is 1.69. The van der Waals surface area contributed by atoms with Gasteiger partial charge < -0.3 is 15.4 Å². The molecule has 1 aromatic heterocycles. The predicted molar refractivity (Wildman–Crippen MR) is 117 cm³/mol. The van der Waals surface area contributed by atoms with E-state index in [0.29, 0.717) is 22.8 Å². The van der Waals surface area contributed by atoms with Gasteiger partial charge >= 0.3 is 5.69 Å². The average Bonchev–Trinajstić information content (AvgIpc) is 3.17. The lowest BCUT2D eigenvalue weighted by Gasteiger charge is -2.15. The van der Waals surface area contributed by atoms with Crippen molar-refractivity contribution in [2.24, 2.45) is 5.10 Å². The van der Waals surface area contributed by atoms with Crippen molar-refractivity contribution in [3.8, 4) is 11.6 Å². The van der Waals surface area contributed by atoms with Gasteiger partial charge in [-0.1, -0.05) is 29.8 Å². The Morgan fingerprint density at radius 1 is 1.17 bits per heavy atom. The van der Waals surface area contributed by atoms with Gasteiger partial charge in [-0.3, -0.25) is 9.78 Å². The van der Waals surface area contributed by atoms with Gasteiger partial charge in [-0.25, -0.2) is 9.36 Å². The number of nitrogens with one attached hydrogen (secondary N) is 2. The van der Waals surface area contributed by atoms with E-state index in [0.717, 1.165) is 15.8 Å². The van der Waals surface area contributed by atoms with Crippen molar-refractivity contribution in [2.45, 2.75) is 12.5 Å². The molecule has 9 heteroatoms. The summed E-state index contributed by atoms with van der Waals surface area (Å²) in [5.41, 5.74) is 4.28. The number of rotatable bonds is 4. The summed E-state index contributed by atoms with van der Waals surface area (Å²) in [7, 11) is 3.93. The van der Waals surface area contributed by atoms with E-state index in [-0.39, 0.29) is 11.6 Å². The highest BCUT2D eigenvalue weighted by Crippen LogP contribution is 2.28. The molecule has 2 heterocycles. The number of halogens is 1. The van der Waals surface area contributed by atoms with E-state index in [1.807, 2.05) is 43.3 Å². The topological polar surface area (TPSA) is 103 Å². The number of H-pyrrole nitrogens is 1. The van der Waals surface area contributed by atoms with Gasteiger partial charge in [0.1, 0.15) is 5.56 Å². The summed E-state index contributed by atoms with van der Waals surface area (Å²) >= 11 is 6.01. The number of hydrogen-bond acceptors (Lipinski definition) is 6. The minimum atomic E-state index is -0.758. The summed E-state index contributed by atoms with van der Waals surface area (Å²) in [4.78, 5) is 29.1. The summed E-state index contributed by atoms with van der Waals surface area (Å²) in [6.45, 7) is 0. The maximum Gasteiger partial charge on any atom is 0.335 e. The highest BCUT2D eigenvalue weighted by Gasteiger charge is 2.27. The molecular weight excluding hydrogens is 406 g/mol. The van der Waals surface area contributed by atoms with Crippen LogP contribution in [-0.4, -0.2) is 34.5 Å². The number of hydrazone groups is 1. The van der Waals surface area contributed by atoms with E-state index < -0.39 is 17.1 Å². The molecule has 0 amide bonds. The molecule has 0 saturated carbocycles. The van der Waals surface area contributed by atoms with Gasteiger partial charge in [0.25, 0.3) is 5.56 Å². The molecular formula is C21H20ClN5O3. The van der Waals surface area contributed by atoms with Gasteiger partial charge in [0.05, 0.1) is 17.4 Å². The van der Waals surface area contributed by atoms with Crippen LogP contribution < -0.4 is 21.6 Å². The molecule has 0 fully saturated rings.